The topological polar surface area (TPSA) is 89.5 Å². The Morgan fingerprint density at radius 1 is 1.22 bits per heavy atom. The lowest BCUT2D eigenvalue weighted by Crippen LogP contribution is -2.30. The zero-order valence-electron chi connectivity index (χ0n) is 12.6. The summed E-state index contributed by atoms with van der Waals surface area (Å²) in [4.78, 5) is 24.2. The maximum absolute atomic E-state index is 11.3. The minimum atomic E-state index is -0.661. The van der Waals surface area contributed by atoms with Crippen molar-refractivity contribution in [3.8, 4) is 0 Å². The van der Waals surface area contributed by atoms with Crippen molar-refractivity contribution in [1.82, 2.24) is 4.90 Å². The first-order valence-electron chi connectivity index (χ1n) is 7.41. The Kier molecular flexibility index (Phi) is 4.08. The first kappa shape index (κ1) is 15.2. The molecule has 0 aromatic heterocycles. The van der Waals surface area contributed by atoms with Crippen molar-refractivity contribution in [2.24, 2.45) is 5.73 Å². The zero-order valence-corrected chi connectivity index (χ0v) is 12.6. The predicted molar refractivity (Wildman–Crippen MR) is 85.9 cm³/mol. The van der Waals surface area contributed by atoms with Gasteiger partial charge in [-0.2, -0.15) is 0 Å². The standard InChI is InChI=1S/C17H17N3O3/c18-17(21)13-5-6-15(16(9-13)20(22)23)11-19-8-7-12-3-1-2-4-14(12)10-19/h1-6,9H,7-8,10-11H2,(H2,18,21). The molecule has 0 atom stereocenters. The third-order valence-electron chi connectivity index (χ3n) is 4.17. The Bertz CT molecular complexity index is 773. The maximum Gasteiger partial charge on any atom is 0.274 e. The van der Waals surface area contributed by atoms with E-state index in [4.69, 9.17) is 5.73 Å². The molecule has 0 unspecified atom stereocenters. The molecule has 2 N–H and O–H groups in total. The van der Waals surface area contributed by atoms with E-state index in [0.717, 1.165) is 19.5 Å². The Morgan fingerprint density at radius 2 is 1.96 bits per heavy atom. The highest BCUT2D eigenvalue weighted by molar-refractivity contribution is 5.93. The summed E-state index contributed by atoms with van der Waals surface area (Å²) in [5, 5.41) is 11.3. The number of rotatable bonds is 4. The van der Waals surface area contributed by atoms with Gasteiger partial charge in [0, 0.05) is 36.8 Å². The van der Waals surface area contributed by atoms with Gasteiger partial charge in [0.1, 0.15) is 0 Å². The SMILES string of the molecule is NC(=O)c1ccc(CN2CCc3ccccc3C2)c([N+](=O)[O-])c1. The Morgan fingerprint density at radius 3 is 2.65 bits per heavy atom. The summed E-state index contributed by atoms with van der Waals surface area (Å²) >= 11 is 0. The Hall–Kier alpha value is -2.73. The third-order valence-corrected chi connectivity index (χ3v) is 4.17. The number of carbonyl (C=O) groups excluding carboxylic acids is 1. The van der Waals surface area contributed by atoms with E-state index in [0.29, 0.717) is 12.1 Å². The fourth-order valence-corrected chi connectivity index (χ4v) is 2.95. The van der Waals surface area contributed by atoms with Crippen LogP contribution >= 0.6 is 0 Å². The second-order valence-electron chi connectivity index (χ2n) is 5.69. The van der Waals surface area contributed by atoms with Crippen LogP contribution in [-0.2, 0) is 19.5 Å². The van der Waals surface area contributed by atoms with Crippen molar-refractivity contribution < 1.29 is 9.72 Å². The number of nitrogens with zero attached hydrogens (tertiary/aromatic N) is 2. The highest BCUT2D eigenvalue weighted by atomic mass is 16.6. The summed E-state index contributed by atoms with van der Waals surface area (Å²) in [5.74, 6) is -0.661. The van der Waals surface area contributed by atoms with Crippen LogP contribution < -0.4 is 5.73 Å². The number of amides is 1. The van der Waals surface area contributed by atoms with Crippen molar-refractivity contribution in [3.05, 3.63) is 74.8 Å². The summed E-state index contributed by atoms with van der Waals surface area (Å²) in [6.45, 7) is 2.10. The van der Waals surface area contributed by atoms with E-state index in [1.807, 2.05) is 12.1 Å². The van der Waals surface area contributed by atoms with E-state index in [1.165, 1.54) is 17.2 Å². The quantitative estimate of drug-likeness (QED) is 0.692. The van der Waals surface area contributed by atoms with Gasteiger partial charge in [0.15, 0.2) is 0 Å². The summed E-state index contributed by atoms with van der Waals surface area (Å²) < 4.78 is 0. The van der Waals surface area contributed by atoms with Crippen molar-refractivity contribution in [3.63, 3.8) is 0 Å². The van der Waals surface area contributed by atoms with Crippen LogP contribution in [0, 0.1) is 10.1 Å². The molecule has 118 valence electrons. The number of hydrogen-bond acceptors (Lipinski definition) is 4. The lowest BCUT2D eigenvalue weighted by molar-refractivity contribution is -0.385. The van der Waals surface area contributed by atoms with Gasteiger partial charge in [0.05, 0.1) is 4.92 Å². The molecule has 0 bridgehead atoms. The number of fused-ring (bicyclic) bond motifs is 1. The molecule has 0 aliphatic carbocycles. The van der Waals surface area contributed by atoms with Gasteiger partial charge in [-0.05, 0) is 23.6 Å². The van der Waals surface area contributed by atoms with Crippen LogP contribution in [0.4, 0.5) is 5.69 Å². The van der Waals surface area contributed by atoms with Crippen molar-refractivity contribution in [2.45, 2.75) is 19.5 Å². The van der Waals surface area contributed by atoms with Gasteiger partial charge < -0.3 is 5.73 Å². The van der Waals surface area contributed by atoms with Gasteiger partial charge in [0.2, 0.25) is 5.91 Å². The number of benzene rings is 2. The second kappa shape index (κ2) is 6.18. The molecule has 0 radical (unpaired) electrons. The van der Waals surface area contributed by atoms with E-state index in [-0.39, 0.29) is 11.3 Å². The number of hydrogen-bond donors (Lipinski definition) is 1. The van der Waals surface area contributed by atoms with Gasteiger partial charge in [-0.15, -0.1) is 0 Å². The molecule has 0 saturated carbocycles. The fraction of sp³-hybridized carbons (Fsp3) is 0.235. The van der Waals surface area contributed by atoms with Crippen LogP contribution in [0.15, 0.2) is 42.5 Å². The Balaban J connectivity index is 1.83. The molecule has 6 heteroatoms. The van der Waals surface area contributed by atoms with E-state index in [9.17, 15) is 14.9 Å². The number of nitrogens with two attached hydrogens (primary N) is 1. The molecule has 1 heterocycles. The van der Waals surface area contributed by atoms with E-state index in [2.05, 4.69) is 17.0 Å². The van der Waals surface area contributed by atoms with Crippen LogP contribution in [0.25, 0.3) is 0 Å². The number of nitro benzene ring substituents is 1. The molecule has 1 amide bonds. The van der Waals surface area contributed by atoms with Gasteiger partial charge in [-0.1, -0.05) is 30.3 Å². The zero-order chi connectivity index (χ0) is 16.4. The summed E-state index contributed by atoms with van der Waals surface area (Å²) in [6.07, 6.45) is 0.934. The molecule has 0 saturated heterocycles. The van der Waals surface area contributed by atoms with Crippen molar-refractivity contribution in [1.29, 1.82) is 0 Å². The molecule has 6 nitrogen and oxygen atoms in total. The lowest BCUT2D eigenvalue weighted by Gasteiger charge is -2.28. The molecular weight excluding hydrogens is 294 g/mol. The van der Waals surface area contributed by atoms with Gasteiger partial charge in [-0.25, -0.2) is 0 Å². The third kappa shape index (κ3) is 3.22. The normalized spacial score (nSPS) is 14.3. The molecule has 1 aliphatic rings. The van der Waals surface area contributed by atoms with E-state index >= 15 is 0 Å². The number of primary amides is 1. The van der Waals surface area contributed by atoms with E-state index < -0.39 is 10.8 Å². The number of carbonyl (C=O) groups is 1. The minimum Gasteiger partial charge on any atom is -0.366 e. The van der Waals surface area contributed by atoms with Crippen LogP contribution in [0.1, 0.15) is 27.0 Å². The van der Waals surface area contributed by atoms with Crippen molar-refractivity contribution in [2.75, 3.05) is 6.54 Å². The van der Waals surface area contributed by atoms with Gasteiger partial charge in [-0.3, -0.25) is 19.8 Å². The first-order chi connectivity index (χ1) is 11.0. The molecular formula is C17H17N3O3. The van der Waals surface area contributed by atoms with Crippen LogP contribution in [0.3, 0.4) is 0 Å². The average Bonchev–Trinajstić information content (AvgIpc) is 2.54. The first-order valence-corrected chi connectivity index (χ1v) is 7.41. The number of nitro groups is 1. The van der Waals surface area contributed by atoms with Crippen LogP contribution in [0.5, 0.6) is 0 Å². The minimum absolute atomic E-state index is 0.0554. The van der Waals surface area contributed by atoms with Gasteiger partial charge >= 0.3 is 0 Å². The highest BCUT2D eigenvalue weighted by Crippen LogP contribution is 2.25. The smallest absolute Gasteiger partial charge is 0.274 e. The largest absolute Gasteiger partial charge is 0.366 e. The van der Waals surface area contributed by atoms with Crippen LogP contribution in [0.2, 0.25) is 0 Å². The monoisotopic (exact) mass is 311 g/mol. The molecule has 0 spiro atoms. The highest BCUT2D eigenvalue weighted by Gasteiger charge is 2.21. The van der Waals surface area contributed by atoms with E-state index in [1.54, 1.807) is 12.1 Å². The average molecular weight is 311 g/mol. The molecule has 23 heavy (non-hydrogen) atoms. The maximum atomic E-state index is 11.3. The summed E-state index contributed by atoms with van der Waals surface area (Å²) in [7, 11) is 0. The van der Waals surface area contributed by atoms with Crippen molar-refractivity contribution >= 4 is 11.6 Å². The second-order valence-corrected chi connectivity index (χ2v) is 5.69. The summed E-state index contributed by atoms with van der Waals surface area (Å²) in [5.41, 5.74) is 8.49. The molecule has 2 aromatic carbocycles. The molecule has 3 rings (SSSR count). The summed E-state index contributed by atoms with van der Waals surface area (Å²) in [6, 6.07) is 12.7. The van der Waals surface area contributed by atoms with Gasteiger partial charge in [0.25, 0.3) is 5.69 Å². The molecule has 2 aromatic rings. The Labute approximate surface area is 133 Å². The molecule has 0 fully saturated rings. The molecule has 1 aliphatic heterocycles. The van der Waals surface area contributed by atoms with Crippen LogP contribution in [-0.4, -0.2) is 22.3 Å². The predicted octanol–water partition coefficient (Wildman–Crippen LogP) is 2.25. The fourth-order valence-electron chi connectivity index (χ4n) is 2.95. The lowest BCUT2D eigenvalue weighted by atomic mass is 9.99.